The van der Waals surface area contributed by atoms with E-state index in [1.165, 1.54) is 18.5 Å². The molecular formula is C13H10ClN3O3. The zero-order valence-electron chi connectivity index (χ0n) is 10.2. The second-order valence-corrected chi connectivity index (χ2v) is 4.30. The Bertz CT molecular complexity index is 661. The van der Waals surface area contributed by atoms with Crippen LogP contribution < -0.4 is 5.32 Å². The van der Waals surface area contributed by atoms with E-state index in [1.807, 2.05) is 0 Å². The summed E-state index contributed by atoms with van der Waals surface area (Å²) in [4.78, 5) is 30.4. The molecule has 0 aliphatic rings. The molecule has 1 heterocycles. The lowest BCUT2D eigenvalue weighted by molar-refractivity contribution is -0.115. The second-order valence-electron chi connectivity index (χ2n) is 3.91. The number of aromatic carboxylic acids is 1. The highest BCUT2D eigenvalue weighted by Crippen LogP contribution is 2.12. The number of carbonyl (C=O) groups is 2. The Morgan fingerprint density at radius 1 is 1.25 bits per heavy atom. The van der Waals surface area contributed by atoms with Crippen molar-refractivity contribution >= 4 is 29.3 Å². The van der Waals surface area contributed by atoms with E-state index in [0.29, 0.717) is 5.56 Å². The minimum atomic E-state index is -1.07. The van der Waals surface area contributed by atoms with Gasteiger partial charge in [-0.2, -0.15) is 0 Å². The number of nitrogens with zero attached hydrogens (tertiary/aromatic N) is 2. The number of aromatic nitrogens is 2. The summed E-state index contributed by atoms with van der Waals surface area (Å²) in [5.74, 6) is -1.19. The van der Waals surface area contributed by atoms with E-state index in [0.717, 1.165) is 0 Å². The number of amides is 1. The molecule has 0 aliphatic carbocycles. The van der Waals surface area contributed by atoms with Crippen molar-refractivity contribution in [1.29, 1.82) is 0 Å². The average molecular weight is 292 g/mol. The predicted molar refractivity (Wildman–Crippen MR) is 72.8 cm³/mol. The fraction of sp³-hybridized carbons (Fsp3) is 0.0769. The molecule has 1 aromatic heterocycles. The molecular weight excluding hydrogens is 282 g/mol. The van der Waals surface area contributed by atoms with Gasteiger partial charge in [0.2, 0.25) is 5.91 Å². The number of rotatable bonds is 4. The highest BCUT2D eigenvalue weighted by atomic mass is 35.5. The van der Waals surface area contributed by atoms with Crippen LogP contribution in [0.25, 0.3) is 0 Å². The molecule has 2 N–H and O–H groups in total. The van der Waals surface area contributed by atoms with Gasteiger partial charge in [0, 0.05) is 6.07 Å². The lowest BCUT2D eigenvalue weighted by Gasteiger charge is -2.06. The molecule has 1 amide bonds. The highest BCUT2D eigenvalue weighted by Gasteiger charge is 2.13. The third-order valence-electron chi connectivity index (χ3n) is 2.50. The summed E-state index contributed by atoms with van der Waals surface area (Å²) in [5, 5.41) is 11.8. The Morgan fingerprint density at radius 3 is 2.70 bits per heavy atom. The van der Waals surface area contributed by atoms with Crippen LogP contribution in [0.15, 0.2) is 36.7 Å². The van der Waals surface area contributed by atoms with Gasteiger partial charge >= 0.3 is 5.97 Å². The van der Waals surface area contributed by atoms with Crippen LogP contribution >= 0.6 is 11.6 Å². The van der Waals surface area contributed by atoms with Crippen LogP contribution in [-0.4, -0.2) is 27.0 Å². The summed E-state index contributed by atoms with van der Waals surface area (Å²) >= 11 is 5.68. The van der Waals surface area contributed by atoms with Crippen molar-refractivity contribution < 1.29 is 14.7 Å². The average Bonchev–Trinajstić information content (AvgIpc) is 2.38. The number of benzene rings is 1. The first-order valence-corrected chi connectivity index (χ1v) is 6.02. The fourth-order valence-corrected chi connectivity index (χ4v) is 1.79. The molecule has 0 unspecified atom stereocenters. The molecule has 102 valence electrons. The molecule has 0 spiro atoms. The van der Waals surface area contributed by atoms with Gasteiger partial charge in [0.1, 0.15) is 17.3 Å². The van der Waals surface area contributed by atoms with Crippen LogP contribution in [0.5, 0.6) is 0 Å². The van der Waals surface area contributed by atoms with Crippen molar-refractivity contribution in [3.05, 3.63) is 52.9 Å². The van der Waals surface area contributed by atoms with E-state index < -0.39 is 5.97 Å². The van der Waals surface area contributed by atoms with Gasteiger partial charge in [-0.05, 0) is 11.6 Å². The molecule has 0 fully saturated rings. The largest absolute Gasteiger partial charge is 0.478 e. The number of carboxylic acid groups (broad SMARTS) is 1. The van der Waals surface area contributed by atoms with Gasteiger partial charge in [0.25, 0.3) is 0 Å². The highest BCUT2D eigenvalue weighted by molar-refractivity contribution is 6.29. The van der Waals surface area contributed by atoms with Crippen molar-refractivity contribution in [2.24, 2.45) is 0 Å². The molecule has 0 saturated carbocycles. The summed E-state index contributed by atoms with van der Waals surface area (Å²) in [7, 11) is 0. The monoisotopic (exact) mass is 291 g/mol. The van der Waals surface area contributed by atoms with Gasteiger partial charge in [0.05, 0.1) is 12.0 Å². The molecule has 0 aliphatic heterocycles. The molecule has 20 heavy (non-hydrogen) atoms. The van der Waals surface area contributed by atoms with Crippen LogP contribution in [0, 0.1) is 0 Å². The minimum Gasteiger partial charge on any atom is -0.478 e. The summed E-state index contributed by atoms with van der Waals surface area (Å²) in [6, 6.07) is 7.73. The van der Waals surface area contributed by atoms with Crippen LogP contribution in [0.1, 0.15) is 15.9 Å². The van der Waals surface area contributed by atoms with E-state index in [1.54, 1.807) is 18.2 Å². The summed E-state index contributed by atoms with van der Waals surface area (Å²) < 4.78 is 0. The first-order valence-electron chi connectivity index (χ1n) is 5.65. The normalized spacial score (nSPS) is 10.1. The Balaban J connectivity index is 2.11. The van der Waals surface area contributed by atoms with E-state index in [9.17, 15) is 9.59 Å². The number of anilines is 1. The van der Waals surface area contributed by atoms with Gasteiger partial charge in [-0.15, -0.1) is 0 Å². The third kappa shape index (κ3) is 3.52. The standard InChI is InChI=1S/C13H10ClN3O3/c14-10-6-11(16-7-15-10)17-12(18)5-8-3-1-2-4-9(8)13(19)20/h1-4,6-7H,5H2,(H,19,20)(H,15,16,17,18). The predicted octanol–water partition coefficient (Wildman–Crippen LogP) is 2.01. The Hall–Kier alpha value is -2.47. The quantitative estimate of drug-likeness (QED) is 0.841. The van der Waals surface area contributed by atoms with E-state index in [2.05, 4.69) is 15.3 Å². The van der Waals surface area contributed by atoms with Crippen molar-refractivity contribution in [3.8, 4) is 0 Å². The van der Waals surface area contributed by atoms with E-state index in [-0.39, 0.29) is 28.9 Å². The zero-order valence-corrected chi connectivity index (χ0v) is 11.0. The molecule has 0 atom stereocenters. The molecule has 0 radical (unpaired) electrons. The van der Waals surface area contributed by atoms with Gasteiger partial charge < -0.3 is 10.4 Å². The first-order chi connectivity index (χ1) is 9.56. The van der Waals surface area contributed by atoms with Crippen LogP contribution in [-0.2, 0) is 11.2 Å². The maximum atomic E-state index is 11.9. The van der Waals surface area contributed by atoms with Crippen LogP contribution in [0.2, 0.25) is 5.15 Å². The van der Waals surface area contributed by atoms with Crippen LogP contribution in [0.4, 0.5) is 5.82 Å². The second kappa shape index (κ2) is 6.12. The fourth-order valence-electron chi connectivity index (χ4n) is 1.65. The first kappa shape index (κ1) is 14.0. The number of nitrogens with one attached hydrogen (secondary N) is 1. The summed E-state index contributed by atoms with van der Waals surface area (Å²) in [6.07, 6.45) is 1.16. The zero-order chi connectivity index (χ0) is 14.5. The molecule has 0 bridgehead atoms. The number of hydrogen-bond donors (Lipinski definition) is 2. The van der Waals surface area contributed by atoms with Crippen molar-refractivity contribution in [2.75, 3.05) is 5.32 Å². The number of halogens is 1. The van der Waals surface area contributed by atoms with Crippen LogP contribution in [0.3, 0.4) is 0 Å². The molecule has 0 saturated heterocycles. The lowest BCUT2D eigenvalue weighted by Crippen LogP contribution is -2.17. The molecule has 2 rings (SSSR count). The van der Waals surface area contributed by atoms with E-state index in [4.69, 9.17) is 16.7 Å². The number of carboxylic acids is 1. The number of hydrogen-bond acceptors (Lipinski definition) is 4. The third-order valence-corrected chi connectivity index (χ3v) is 2.71. The Kier molecular flexibility index (Phi) is 4.27. The molecule has 2 aromatic rings. The van der Waals surface area contributed by atoms with Gasteiger partial charge in [-0.3, -0.25) is 4.79 Å². The molecule has 7 heteroatoms. The van der Waals surface area contributed by atoms with Crippen molar-refractivity contribution in [3.63, 3.8) is 0 Å². The van der Waals surface area contributed by atoms with E-state index >= 15 is 0 Å². The smallest absolute Gasteiger partial charge is 0.335 e. The van der Waals surface area contributed by atoms with Gasteiger partial charge in [-0.25, -0.2) is 14.8 Å². The summed E-state index contributed by atoms with van der Waals surface area (Å²) in [5.41, 5.74) is 0.529. The number of carbonyl (C=O) groups excluding carboxylic acids is 1. The van der Waals surface area contributed by atoms with Gasteiger partial charge in [0.15, 0.2) is 0 Å². The maximum absolute atomic E-state index is 11.9. The minimum absolute atomic E-state index is 0.0654. The van der Waals surface area contributed by atoms with Crippen molar-refractivity contribution in [2.45, 2.75) is 6.42 Å². The molecule has 6 nitrogen and oxygen atoms in total. The lowest BCUT2D eigenvalue weighted by atomic mass is 10.0. The topological polar surface area (TPSA) is 92.2 Å². The Labute approximate surface area is 119 Å². The maximum Gasteiger partial charge on any atom is 0.335 e. The van der Waals surface area contributed by atoms with Crippen molar-refractivity contribution in [1.82, 2.24) is 9.97 Å². The summed E-state index contributed by atoms with van der Waals surface area (Å²) in [6.45, 7) is 0. The molecule has 1 aromatic carbocycles. The Morgan fingerprint density at radius 2 is 2.00 bits per heavy atom. The SMILES string of the molecule is O=C(Cc1ccccc1C(=O)O)Nc1cc(Cl)ncn1. The van der Waals surface area contributed by atoms with Gasteiger partial charge in [-0.1, -0.05) is 29.8 Å².